The Morgan fingerprint density at radius 1 is 1.06 bits per heavy atom. The molecule has 0 amide bonds. The van der Waals surface area contributed by atoms with Crippen molar-refractivity contribution in [3.63, 3.8) is 0 Å². The maximum atomic E-state index is 11.4. The Hall–Kier alpha value is -1.47. The highest BCUT2D eigenvalue weighted by atomic mass is 127. The molecule has 1 fully saturated rings. The van der Waals surface area contributed by atoms with Gasteiger partial charge in [0, 0.05) is 45.0 Å². The van der Waals surface area contributed by atoms with E-state index in [1.807, 2.05) is 21.9 Å². The molecule has 1 saturated heterocycles. The van der Waals surface area contributed by atoms with Gasteiger partial charge in [-0.25, -0.2) is 0 Å². The number of nitrogen functional groups attached to an aromatic ring is 1. The van der Waals surface area contributed by atoms with Gasteiger partial charge in [0.25, 0.3) is 0 Å². The highest BCUT2D eigenvalue weighted by Gasteiger charge is 2.21. The first kappa shape index (κ1) is 28.8. The first-order valence-electron chi connectivity index (χ1n) is 11.9. The molecular weight excluding hydrogens is 549 g/mol. The maximum absolute atomic E-state index is 11.4. The molecule has 0 radical (unpaired) electrons. The van der Waals surface area contributed by atoms with Crippen molar-refractivity contribution in [2.75, 3.05) is 82.8 Å². The fourth-order valence-electron chi connectivity index (χ4n) is 4.56. The van der Waals surface area contributed by atoms with Crippen LogP contribution < -0.4 is 5.73 Å². The number of carbonyl (C=O) groups is 2. The zero-order valence-electron chi connectivity index (χ0n) is 20.2. The molecule has 1 aromatic rings. The van der Waals surface area contributed by atoms with Gasteiger partial charge < -0.3 is 25.7 Å². The Kier molecular flexibility index (Phi) is 13.1. The number of alkyl halides is 1. The molecule has 0 bridgehead atoms. The summed E-state index contributed by atoms with van der Waals surface area (Å²) in [7, 11) is 2.14. The standard InChI is InChI=1S/C24H40IN5O4/c1-27-8-2-9-29(17-23(31)32)13-12-28(10-3-11-30(19-25)18-24(33)34)16-21(15-27)14-20-4-6-22(26)7-5-20/h4-7,21H,2-3,8-19,26H2,1H3,(H,31,32)(H,33,34). The third kappa shape index (κ3) is 11.8. The van der Waals surface area contributed by atoms with Crippen LogP contribution in [0, 0.1) is 5.92 Å². The number of nitrogens with two attached hydrogens (primary N) is 1. The Labute approximate surface area is 217 Å². The van der Waals surface area contributed by atoms with E-state index in [1.54, 1.807) is 0 Å². The molecule has 1 atom stereocenters. The SMILES string of the molecule is CN1CCCN(CC(=O)O)CCN(CCCN(CI)CC(=O)O)CC(Cc2ccc(N)cc2)C1. The summed E-state index contributed by atoms with van der Waals surface area (Å²) in [6, 6.07) is 8.10. The van der Waals surface area contributed by atoms with Crippen molar-refractivity contribution in [2.24, 2.45) is 5.92 Å². The molecule has 2 rings (SSSR count). The lowest BCUT2D eigenvalue weighted by Crippen LogP contribution is -2.42. The minimum absolute atomic E-state index is 0.0554. The van der Waals surface area contributed by atoms with E-state index >= 15 is 0 Å². The van der Waals surface area contributed by atoms with E-state index in [2.05, 4.69) is 51.6 Å². The quantitative estimate of drug-likeness (QED) is 0.153. The molecule has 0 spiro atoms. The highest BCUT2D eigenvalue weighted by molar-refractivity contribution is 14.1. The summed E-state index contributed by atoms with van der Waals surface area (Å²) >= 11 is 2.21. The van der Waals surface area contributed by atoms with Crippen molar-refractivity contribution >= 4 is 40.2 Å². The summed E-state index contributed by atoms with van der Waals surface area (Å²) in [5, 5.41) is 18.4. The number of halogens is 1. The average molecular weight is 590 g/mol. The molecule has 1 aliphatic heterocycles. The van der Waals surface area contributed by atoms with E-state index in [0.717, 1.165) is 77.3 Å². The van der Waals surface area contributed by atoms with Crippen molar-refractivity contribution in [2.45, 2.75) is 19.3 Å². The second-order valence-corrected chi connectivity index (χ2v) is 10.00. The lowest BCUT2D eigenvalue weighted by molar-refractivity contribution is -0.139. The normalized spacial score (nSPS) is 19.7. The number of benzene rings is 1. The van der Waals surface area contributed by atoms with Crippen LogP contribution in [0.2, 0.25) is 0 Å². The predicted octanol–water partition coefficient (Wildman–Crippen LogP) is 1.62. The van der Waals surface area contributed by atoms with Crippen LogP contribution in [0.3, 0.4) is 0 Å². The second-order valence-electron chi connectivity index (χ2n) is 9.32. The number of rotatable bonds is 11. The highest BCUT2D eigenvalue weighted by Crippen LogP contribution is 2.16. The van der Waals surface area contributed by atoms with Crippen LogP contribution in [0.15, 0.2) is 24.3 Å². The van der Waals surface area contributed by atoms with E-state index in [0.29, 0.717) is 10.5 Å². The lowest BCUT2D eigenvalue weighted by Gasteiger charge is -2.31. The molecule has 1 heterocycles. The van der Waals surface area contributed by atoms with Crippen LogP contribution in [0.25, 0.3) is 0 Å². The molecule has 9 nitrogen and oxygen atoms in total. The molecule has 1 unspecified atom stereocenters. The molecule has 10 heteroatoms. The van der Waals surface area contributed by atoms with Gasteiger partial charge in [-0.3, -0.25) is 19.4 Å². The van der Waals surface area contributed by atoms with E-state index in [-0.39, 0.29) is 13.1 Å². The third-order valence-corrected chi connectivity index (χ3v) is 7.14. The van der Waals surface area contributed by atoms with Gasteiger partial charge in [0.15, 0.2) is 0 Å². The van der Waals surface area contributed by atoms with Crippen molar-refractivity contribution in [3.8, 4) is 0 Å². The Morgan fingerprint density at radius 3 is 2.41 bits per heavy atom. The first-order chi connectivity index (χ1) is 16.2. The number of nitrogens with zero attached hydrogens (tertiary/aromatic N) is 4. The summed E-state index contributed by atoms with van der Waals surface area (Å²) in [5.41, 5.74) is 7.91. The molecule has 34 heavy (non-hydrogen) atoms. The van der Waals surface area contributed by atoms with Crippen molar-refractivity contribution in [3.05, 3.63) is 29.8 Å². The van der Waals surface area contributed by atoms with Crippen LogP contribution in [0.1, 0.15) is 18.4 Å². The van der Waals surface area contributed by atoms with E-state index < -0.39 is 11.9 Å². The summed E-state index contributed by atoms with van der Waals surface area (Å²) in [4.78, 5) is 31.2. The van der Waals surface area contributed by atoms with Crippen LogP contribution in [-0.4, -0.2) is 119 Å². The average Bonchev–Trinajstić information content (AvgIpc) is 2.79. The fraction of sp³-hybridized carbons (Fsp3) is 0.667. The van der Waals surface area contributed by atoms with Crippen LogP contribution in [0.4, 0.5) is 5.69 Å². The topological polar surface area (TPSA) is 114 Å². The van der Waals surface area contributed by atoms with Crippen molar-refractivity contribution in [1.82, 2.24) is 19.6 Å². The lowest BCUT2D eigenvalue weighted by atomic mass is 9.97. The number of carboxylic acids is 2. The van der Waals surface area contributed by atoms with E-state index in [4.69, 9.17) is 10.8 Å². The third-order valence-electron chi connectivity index (χ3n) is 6.17. The van der Waals surface area contributed by atoms with E-state index in [9.17, 15) is 14.7 Å². The zero-order chi connectivity index (χ0) is 24.9. The van der Waals surface area contributed by atoms with Crippen LogP contribution in [0.5, 0.6) is 0 Å². The molecule has 0 aromatic heterocycles. The van der Waals surface area contributed by atoms with E-state index in [1.165, 1.54) is 5.56 Å². The smallest absolute Gasteiger partial charge is 0.317 e. The summed E-state index contributed by atoms with van der Waals surface area (Å²) in [5.74, 6) is -1.16. The predicted molar refractivity (Wildman–Crippen MR) is 143 cm³/mol. The first-order valence-corrected chi connectivity index (χ1v) is 13.5. The zero-order valence-corrected chi connectivity index (χ0v) is 22.4. The molecule has 1 aliphatic rings. The minimum atomic E-state index is -0.803. The van der Waals surface area contributed by atoms with Gasteiger partial charge in [-0.2, -0.15) is 0 Å². The number of anilines is 1. The van der Waals surface area contributed by atoms with Crippen molar-refractivity contribution < 1.29 is 19.8 Å². The Bertz CT molecular complexity index is 751. The van der Waals surface area contributed by atoms with Crippen LogP contribution in [-0.2, 0) is 16.0 Å². The van der Waals surface area contributed by atoms with Gasteiger partial charge in [-0.15, -0.1) is 0 Å². The number of hydrogen-bond donors (Lipinski definition) is 3. The molecule has 0 aliphatic carbocycles. The van der Waals surface area contributed by atoms with Crippen LogP contribution >= 0.6 is 22.6 Å². The summed E-state index contributed by atoms with van der Waals surface area (Å²) < 4.78 is 0.682. The number of carboxylic acid groups (broad SMARTS) is 2. The van der Waals surface area contributed by atoms with Gasteiger partial charge in [0.2, 0.25) is 0 Å². The largest absolute Gasteiger partial charge is 0.480 e. The minimum Gasteiger partial charge on any atom is -0.480 e. The summed E-state index contributed by atoms with van der Waals surface area (Å²) in [6.45, 7) is 6.82. The number of aliphatic carboxylic acids is 2. The maximum Gasteiger partial charge on any atom is 0.317 e. The molecule has 1 aromatic carbocycles. The van der Waals surface area contributed by atoms with Gasteiger partial charge in [0.05, 0.1) is 17.6 Å². The Balaban J connectivity index is 2.09. The van der Waals surface area contributed by atoms with Gasteiger partial charge in [-0.05, 0) is 63.0 Å². The fourth-order valence-corrected chi connectivity index (χ4v) is 5.15. The van der Waals surface area contributed by atoms with Gasteiger partial charge in [-0.1, -0.05) is 34.7 Å². The molecule has 192 valence electrons. The molecule has 4 N–H and O–H groups in total. The summed E-state index contributed by atoms with van der Waals surface area (Å²) in [6.07, 6.45) is 2.77. The molecular formula is C24H40IN5O4. The number of hydrogen-bond acceptors (Lipinski definition) is 7. The van der Waals surface area contributed by atoms with Gasteiger partial charge >= 0.3 is 11.9 Å². The molecule has 0 saturated carbocycles. The monoisotopic (exact) mass is 589 g/mol. The second kappa shape index (κ2) is 15.5. The van der Waals surface area contributed by atoms with Gasteiger partial charge in [0.1, 0.15) is 0 Å². The Morgan fingerprint density at radius 2 is 1.76 bits per heavy atom. The van der Waals surface area contributed by atoms with Crippen molar-refractivity contribution in [1.29, 1.82) is 0 Å².